The third-order valence-corrected chi connectivity index (χ3v) is 4.25. The van der Waals surface area contributed by atoms with E-state index in [1.54, 1.807) is 19.2 Å². The maximum Gasteiger partial charge on any atom is 0.143 e. The zero-order valence-electron chi connectivity index (χ0n) is 12.2. The molecule has 0 aromatic heterocycles. The number of nitrogens with zero attached hydrogens (tertiary/aromatic N) is 1. The summed E-state index contributed by atoms with van der Waals surface area (Å²) in [6, 6.07) is 7.93. The Bertz CT molecular complexity index is 547. The number of nitrogens with one attached hydrogen (secondary N) is 1. The lowest BCUT2D eigenvalue weighted by atomic mass is 9.89. The second kappa shape index (κ2) is 5.92. The monoisotopic (exact) mass is 288 g/mol. The Hall–Kier alpha value is -1.77. The molecule has 0 amide bonds. The smallest absolute Gasteiger partial charge is 0.143 e. The second-order valence-electron chi connectivity index (χ2n) is 5.69. The highest BCUT2D eigenvalue weighted by molar-refractivity contribution is 5.60. The van der Waals surface area contributed by atoms with Crippen molar-refractivity contribution in [3.8, 4) is 11.8 Å². The highest BCUT2D eigenvalue weighted by Crippen LogP contribution is 2.35. The molecule has 1 aromatic rings. The number of hydrogen-bond acceptors (Lipinski definition) is 5. The molecule has 5 nitrogen and oxygen atoms in total. The fraction of sp³-hybridized carbons (Fsp3) is 0.562. The molecule has 1 aromatic carbocycles. The minimum absolute atomic E-state index is 0.115. The number of anilines is 1. The molecule has 2 aliphatic heterocycles. The van der Waals surface area contributed by atoms with Crippen LogP contribution in [0.4, 0.5) is 5.69 Å². The largest absolute Gasteiger partial charge is 0.495 e. The minimum Gasteiger partial charge on any atom is -0.495 e. The van der Waals surface area contributed by atoms with Crippen LogP contribution in [-0.4, -0.2) is 38.6 Å². The molecule has 2 fully saturated rings. The van der Waals surface area contributed by atoms with Gasteiger partial charge in [-0.25, -0.2) is 0 Å². The van der Waals surface area contributed by atoms with Crippen LogP contribution in [0.5, 0.6) is 5.75 Å². The van der Waals surface area contributed by atoms with E-state index in [0.717, 1.165) is 38.2 Å². The molecule has 0 saturated carbocycles. The van der Waals surface area contributed by atoms with Gasteiger partial charge in [-0.1, -0.05) is 0 Å². The summed E-state index contributed by atoms with van der Waals surface area (Å²) in [5, 5.41) is 12.5. The number of ether oxygens (including phenoxy) is 3. The lowest BCUT2D eigenvalue weighted by Gasteiger charge is -2.37. The van der Waals surface area contributed by atoms with E-state index in [1.807, 2.05) is 6.07 Å². The van der Waals surface area contributed by atoms with Crippen LogP contribution in [0.2, 0.25) is 0 Å². The van der Waals surface area contributed by atoms with Crippen molar-refractivity contribution in [1.29, 1.82) is 5.26 Å². The van der Waals surface area contributed by atoms with Crippen molar-refractivity contribution in [2.24, 2.45) is 0 Å². The van der Waals surface area contributed by atoms with E-state index < -0.39 is 0 Å². The molecule has 21 heavy (non-hydrogen) atoms. The molecule has 0 radical (unpaired) electrons. The van der Waals surface area contributed by atoms with Gasteiger partial charge in [0.1, 0.15) is 5.75 Å². The average molecular weight is 288 g/mol. The highest BCUT2D eigenvalue weighted by atomic mass is 16.6. The molecule has 2 unspecified atom stereocenters. The summed E-state index contributed by atoms with van der Waals surface area (Å²) in [6.45, 7) is 2.22. The van der Waals surface area contributed by atoms with E-state index in [1.165, 1.54) is 0 Å². The molecule has 0 bridgehead atoms. The Kier molecular flexibility index (Phi) is 4.00. The molecule has 5 heteroatoms. The normalized spacial score (nSPS) is 28.3. The van der Waals surface area contributed by atoms with Crippen molar-refractivity contribution < 1.29 is 14.2 Å². The van der Waals surface area contributed by atoms with Gasteiger partial charge in [0.25, 0.3) is 0 Å². The van der Waals surface area contributed by atoms with Crippen LogP contribution in [0.15, 0.2) is 18.2 Å². The van der Waals surface area contributed by atoms with E-state index in [4.69, 9.17) is 19.5 Å². The summed E-state index contributed by atoms with van der Waals surface area (Å²) in [5.41, 5.74) is 1.41. The molecule has 1 spiro atoms. The summed E-state index contributed by atoms with van der Waals surface area (Å²) >= 11 is 0. The van der Waals surface area contributed by atoms with Gasteiger partial charge < -0.3 is 19.5 Å². The first-order valence-corrected chi connectivity index (χ1v) is 7.31. The summed E-state index contributed by atoms with van der Waals surface area (Å²) in [5.74, 6) is 0.706. The quantitative estimate of drug-likeness (QED) is 0.924. The van der Waals surface area contributed by atoms with Gasteiger partial charge in [-0.15, -0.1) is 0 Å². The Morgan fingerprint density at radius 2 is 2.33 bits per heavy atom. The molecule has 2 heterocycles. The standard InChI is InChI=1S/C16H20N2O3/c1-19-15-8-12(10-17)2-3-14(15)18-13-4-6-21-16(9-13)5-7-20-11-16/h2-3,8,13,18H,4-7,9,11H2,1H3. The van der Waals surface area contributed by atoms with Crippen LogP contribution in [0.3, 0.4) is 0 Å². The summed E-state index contributed by atoms with van der Waals surface area (Å²) in [6.07, 6.45) is 2.87. The minimum atomic E-state index is -0.115. The van der Waals surface area contributed by atoms with Crippen LogP contribution < -0.4 is 10.1 Å². The van der Waals surface area contributed by atoms with Gasteiger partial charge >= 0.3 is 0 Å². The lowest BCUT2D eigenvalue weighted by Crippen LogP contribution is -2.44. The Morgan fingerprint density at radius 3 is 3.05 bits per heavy atom. The molecule has 0 aliphatic carbocycles. The maximum atomic E-state index is 8.95. The Morgan fingerprint density at radius 1 is 1.43 bits per heavy atom. The fourth-order valence-electron chi connectivity index (χ4n) is 3.11. The van der Waals surface area contributed by atoms with Crippen molar-refractivity contribution in [3.05, 3.63) is 23.8 Å². The van der Waals surface area contributed by atoms with E-state index in [2.05, 4.69) is 11.4 Å². The third-order valence-electron chi connectivity index (χ3n) is 4.25. The number of methoxy groups -OCH3 is 1. The number of benzene rings is 1. The van der Waals surface area contributed by atoms with E-state index in [-0.39, 0.29) is 5.60 Å². The van der Waals surface area contributed by atoms with Crippen LogP contribution in [0.25, 0.3) is 0 Å². The first-order valence-electron chi connectivity index (χ1n) is 7.31. The molecular formula is C16H20N2O3. The molecule has 2 aliphatic rings. The third kappa shape index (κ3) is 2.97. The zero-order chi connectivity index (χ0) is 14.7. The van der Waals surface area contributed by atoms with Crippen molar-refractivity contribution in [1.82, 2.24) is 0 Å². The summed E-state index contributed by atoms with van der Waals surface area (Å²) in [7, 11) is 1.62. The zero-order valence-corrected chi connectivity index (χ0v) is 12.2. The second-order valence-corrected chi connectivity index (χ2v) is 5.69. The average Bonchev–Trinajstić information content (AvgIpc) is 2.95. The van der Waals surface area contributed by atoms with Crippen LogP contribution >= 0.6 is 0 Å². The maximum absolute atomic E-state index is 8.95. The molecule has 2 atom stereocenters. The molecule has 2 saturated heterocycles. The van der Waals surface area contributed by atoms with Crippen molar-refractivity contribution in [2.45, 2.75) is 30.9 Å². The van der Waals surface area contributed by atoms with Gasteiger partial charge in [0.15, 0.2) is 0 Å². The van der Waals surface area contributed by atoms with Gasteiger partial charge in [-0.3, -0.25) is 0 Å². The van der Waals surface area contributed by atoms with Crippen LogP contribution in [0, 0.1) is 11.3 Å². The SMILES string of the molecule is COc1cc(C#N)ccc1NC1CCOC2(CCOC2)C1. The first-order chi connectivity index (χ1) is 10.2. The van der Waals surface area contributed by atoms with Gasteiger partial charge in [0, 0.05) is 31.7 Å². The highest BCUT2D eigenvalue weighted by Gasteiger charge is 2.41. The number of hydrogen-bond donors (Lipinski definition) is 1. The van der Waals surface area contributed by atoms with Gasteiger partial charge in [-0.05, 0) is 25.0 Å². The molecule has 112 valence electrons. The van der Waals surface area contributed by atoms with Crippen molar-refractivity contribution in [2.75, 3.05) is 32.2 Å². The topological polar surface area (TPSA) is 63.5 Å². The lowest BCUT2D eigenvalue weighted by molar-refractivity contribution is -0.0828. The Labute approximate surface area is 124 Å². The molecular weight excluding hydrogens is 268 g/mol. The van der Waals surface area contributed by atoms with Gasteiger partial charge in [0.2, 0.25) is 0 Å². The summed E-state index contributed by atoms with van der Waals surface area (Å²) < 4.78 is 16.8. The van der Waals surface area contributed by atoms with E-state index in [9.17, 15) is 0 Å². The van der Waals surface area contributed by atoms with Gasteiger partial charge in [0.05, 0.1) is 36.6 Å². The van der Waals surface area contributed by atoms with Gasteiger partial charge in [-0.2, -0.15) is 5.26 Å². The fourth-order valence-corrected chi connectivity index (χ4v) is 3.11. The number of nitriles is 1. The number of rotatable bonds is 3. The predicted octanol–water partition coefficient (Wildman–Crippen LogP) is 2.32. The summed E-state index contributed by atoms with van der Waals surface area (Å²) in [4.78, 5) is 0. The Balaban J connectivity index is 1.73. The molecule has 3 rings (SSSR count). The predicted molar refractivity (Wildman–Crippen MR) is 78.5 cm³/mol. The van der Waals surface area contributed by atoms with Crippen molar-refractivity contribution in [3.63, 3.8) is 0 Å². The van der Waals surface area contributed by atoms with Crippen LogP contribution in [0.1, 0.15) is 24.8 Å². The van der Waals surface area contributed by atoms with Crippen LogP contribution in [-0.2, 0) is 9.47 Å². The molecule has 1 N–H and O–H groups in total. The first kappa shape index (κ1) is 14.2. The van der Waals surface area contributed by atoms with Crippen molar-refractivity contribution >= 4 is 5.69 Å². The van der Waals surface area contributed by atoms with E-state index in [0.29, 0.717) is 24.0 Å². The van der Waals surface area contributed by atoms with E-state index >= 15 is 0 Å².